The quantitative estimate of drug-likeness (QED) is 0.482. The second kappa shape index (κ2) is 7.80. The minimum absolute atomic E-state index is 0.872. The third kappa shape index (κ3) is 6.81. The lowest BCUT2D eigenvalue weighted by molar-refractivity contribution is 0.554. The lowest BCUT2D eigenvalue weighted by Crippen LogP contribution is -1.97. The smallest absolute Gasteiger partial charge is 0.00651 e. The molecule has 1 unspecified atom stereocenters. The van der Waals surface area contributed by atoms with Crippen molar-refractivity contribution in [3.63, 3.8) is 0 Å². The highest BCUT2D eigenvalue weighted by molar-refractivity contribution is 7.99. The van der Waals surface area contributed by atoms with Gasteiger partial charge in [0.1, 0.15) is 0 Å². The van der Waals surface area contributed by atoms with Gasteiger partial charge in [-0.1, -0.05) is 13.8 Å². The molecule has 0 aromatic carbocycles. The van der Waals surface area contributed by atoms with Crippen molar-refractivity contribution in [3.05, 3.63) is 0 Å². The summed E-state index contributed by atoms with van der Waals surface area (Å²) in [6.07, 6.45) is 2.63. The van der Waals surface area contributed by atoms with Gasteiger partial charge in [-0.05, 0) is 36.0 Å². The molecule has 0 saturated carbocycles. The first-order chi connectivity index (χ1) is 4.81. The molecule has 0 fully saturated rings. The molecule has 10 heavy (non-hydrogen) atoms. The van der Waals surface area contributed by atoms with Crippen LogP contribution in [0.25, 0.3) is 0 Å². The molecule has 0 aliphatic carbocycles. The highest BCUT2D eigenvalue weighted by Crippen LogP contribution is 2.12. The number of hydrogen-bond donors (Lipinski definition) is 1. The van der Waals surface area contributed by atoms with Gasteiger partial charge in [0.05, 0.1) is 0 Å². The largest absolute Gasteiger partial charge is 0.179 e. The van der Waals surface area contributed by atoms with Crippen LogP contribution in [-0.2, 0) is 0 Å². The predicted octanol–water partition coefficient (Wildman–Crippen LogP) is 3.09. The third-order valence-electron chi connectivity index (χ3n) is 1.58. The van der Waals surface area contributed by atoms with Gasteiger partial charge in [-0.2, -0.15) is 24.4 Å². The lowest BCUT2D eigenvalue weighted by Gasteiger charge is -2.07. The Kier molecular flexibility index (Phi) is 8.35. The Bertz CT molecular complexity index is 64.3. The predicted molar refractivity (Wildman–Crippen MR) is 55.3 cm³/mol. The molecule has 1 atom stereocenters. The van der Waals surface area contributed by atoms with Gasteiger partial charge in [-0.25, -0.2) is 0 Å². The lowest BCUT2D eigenvalue weighted by atomic mass is 10.1. The summed E-state index contributed by atoms with van der Waals surface area (Å²) >= 11 is 6.24. The van der Waals surface area contributed by atoms with E-state index in [0.29, 0.717) is 0 Å². The van der Waals surface area contributed by atoms with Crippen LogP contribution in [0.1, 0.15) is 26.7 Å². The van der Waals surface area contributed by atoms with Gasteiger partial charge >= 0.3 is 0 Å². The van der Waals surface area contributed by atoms with Crippen LogP contribution in [0.4, 0.5) is 0 Å². The first-order valence-electron chi connectivity index (χ1n) is 3.99. The molecule has 0 rings (SSSR count). The monoisotopic (exact) mass is 178 g/mol. The first kappa shape index (κ1) is 10.7. The van der Waals surface area contributed by atoms with Gasteiger partial charge in [0.25, 0.3) is 0 Å². The Morgan fingerprint density at radius 2 is 2.10 bits per heavy atom. The Balaban J connectivity index is 2.97. The molecule has 0 amide bonds. The van der Waals surface area contributed by atoms with Crippen molar-refractivity contribution < 1.29 is 0 Å². The molecule has 0 nitrogen and oxygen atoms in total. The van der Waals surface area contributed by atoms with Crippen LogP contribution in [0.2, 0.25) is 0 Å². The molecule has 0 heterocycles. The topological polar surface area (TPSA) is 0 Å². The summed E-state index contributed by atoms with van der Waals surface area (Å²) in [6.45, 7) is 4.53. The summed E-state index contributed by atoms with van der Waals surface area (Å²) in [6, 6.07) is 0. The van der Waals surface area contributed by atoms with Crippen molar-refractivity contribution in [2.24, 2.45) is 5.92 Å². The maximum Gasteiger partial charge on any atom is -0.00651 e. The Morgan fingerprint density at radius 3 is 2.60 bits per heavy atom. The molecule has 0 bridgehead atoms. The zero-order valence-corrected chi connectivity index (χ0v) is 8.68. The van der Waals surface area contributed by atoms with Gasteiger partial charge < -0.3 is 0 Å². The molecule has 0 N–H and O–H groups in total. The molecule has 0 aromatic rings. The van der Waals surface area contributed by atoms with E-state index in [1.54, 1.807) is 0 Å². The van der Waals surface area contributed by atoms with Crippen LogP contribution in [0, 0.1) is 5.92 Å². The highest BCUT2D eigenvalue weighted by Gasteiger charge is 1.98. The molecule has 0 saturated heterocycles. The summed E-state index contributed by atoms with van der Waals surface area (Å²) in [5.74, 6) is 4.49. The van der Waals surface area contributed by atoms with Crippen LogP contribution in [0.15, 0.2) is 0 Å². The zero-order valence-electron chi connectivity index (χ0n) is 6.97. The second-order valence-corrected chi connectivity index (χ2v) is 4.44. The van der Waals surface area contributed by atoms with Crippen molar-refractivity contribution in [2.45, 2.75) is 26.7 Å². The maximum absolute atomic E-state index is 4.20. The summed E-state index contributed by atoms with van der Waals surface area (Å²) in [4.78, 5) is 0. The van der Waals surface area contributed by atoms with E-state index in [0.717, 1.165) is 11.7 Å². The fourth-order valence-corrected chi connectivity index (χ4v) is 2.09. The molecule has 0 aliphatic rings. The Hall–Kier alpha value is 0.700. The van der Waals surface area contributed by atoms with E-state index in [-0.39, 0.29) is 0 Å². The van der Waals surface area contributed by atoms with Gasteiger partial charge in [0.15, 0.2) is 0 Å². The molecule has 0 aromatic heterocycles. The van der Waals surface area contributed by atoms with E-state index in [9.17, 15) is 0 Å². The molecule has 0 aliphatic heterocycles. The van der Waals surface area contributed by atoms with Crippen molar-refractivity contribution in [3.8, 4) is 0 Å². The fraction of sp³-hybridized carbons (Fsp3) is 1.00. The SMILES string of the molecule is CCSCCC(C)CCS. The standard InChI is InChI=1S/C8H18S2/c1-3-10-7-5-8(2)4-6-9/h8-9H,3-7H2,1-2H3. The second-order valence-electron chi connectivity index (χ2n) is 2.60. The van der Waals surface area contributed by atoms with Crippen LogP contribution >= 0.6 is 24.4 Å². The summed E-state index contributed by atoms with van der Waals surface area (Å²) in [7, 11) is 0. The summed E-state index contributed by atoms with van der Waals surface area (Å²) < 4.78 is 0. The van der Waals surface area contributed by atoms with E-state index in [1.165, 1.54) is 24.3 Å². The minimum atomic E-state index is 0.872. The zero-order chi connectivity index (χ0) is 7.82. The summed E-state index contributed by atoms with van der Waals surface area (Å²) in [5.41, 5.74) is 0. The van der Waals surface area contributed by atoms with Crippen molar-refractivity contribution in [2.75, 3.05) is 17.3 Å². The number of rotatable bonds is 6. The van der Waals surface area contributed by atoms with Gasteiger partial charge in [0.2, 0.25) is 0 Å². The molecular weight excluding hydrogens is 160 g/mol. The van der Waals surface area contributed by atoms with Crippen molar-refractivity contribution in [1.29, 1.82) is 0 Å². The fourth-order valence-electron chi connectivity index (χ4n) is 0.794. The van der Waals surface area contributed by atoms with Crippen LogP contribution in [0.5, 0.6) is 0 Å². The molecular formula is C8H18S2. The van der Waals surface area contributed by atoms with E-state index >= 15 is 0 Å². The van der Waals surface area contributed by atoms with E-state index in [4.69, 9.17) is 0 Å². The van der Waals surface area contributed by atoms with E-state index in [1.807, 2.05) is 11.8 Å². The minimum Gasteiger partial charge on any atom is -0.179 e. The van der Waals surface area contributed by atoms with Crippen molar-refractivity contribution in [1.82, 2.24) is 0 Å². The third-order valence-corrected chi connectivity index (χ3v) is 2.77. The number of hydrogen-bond acceptors (Lipinski definition) is 2. The van der Waals surface area contributed by atoms with Crippen molar-refractivity contribution >= 4 is 24.4 Å². The van der Waals surface area contributed by atoms with Crippen LogP contribution in [0.3, 0.4) is 0 Å². The number of thioether (sulfide) groups is 1. The van der Waals surface area contributed by atoms with Gasteiger partial charge in [-0.15, -0.1) is 0 Å². The van der Waals surface area contributed by atoms with Gasteiger partial charge in [-0.3, -0.25) is 0 Å². The molecule has 2 heteroatoms. The molecule has 0 spiro atoms. The number of thiol groups is 1. The van der Waals surface area contributed by atoms with E-state index in [2.05, 4.69) is 26.5 Å². The maximum atomic E-state index is 4.20. The molecule has 0 radical (unpaired) electrons. The Morgan fingerprint density at radius 1 is 1.40 bits per heavy atom. The summed E-state index contributed by atoms with van der Waals surface area (Å²) in [5, 5.41) is 0. The van der Waals surface area contributed by atoms with E-state index < -0.39 is 0 Å². The normalized spacial score (nSPS) is 13.5. The van der Waals surface area contributed by atoms with Crippen LogP contribution < -0.4 is 0 Å². The highest BCUT2D eigenvalue weighted by atomic mass is 32.2. The van der Waals surface area contributed by atoms with Crippen LogP contribution in [-0.4, -0.2) is 17.3 Å². The first-order valence-corrected chi connectivity index (χ1v) is 5.78. The average Bonchev–Trinajstić information content (AvgIpc) is 1.89. The van der Waals surface area contributed by atoms with Gasteiger partial charge in [0, 0.05) is 0 Å². The Labute approximate surface area is 74.6 Å². The average molecular weight is 178 g/mol. The molecule has 62 valence electrons.